The maximum Gasteiger partial charge on any atom is 0.0924 e. The first-order chi connectivity index (χ1) is 6.68. The molecule has 0 saturated heterocycles. The maximum absolute atomic E-state index is 10.6. The standard InChI is InChI=1S/C13H18O/c1-3-13(14,12-9-10(12)2)11-7-5-4-6-8-11/h4-8,10,12,14H,3,9H2,1-2H3. The van der Waals surface area contributed by atoms with Gasteiger partial charge in [-0.05, 0) is 30.2 Å². The highest BCUT2D eigenvalue weighted by Gasteiger charge is 2.49. The van der Waals surface area contributed by atoms with Gasteiger partial charge < -0.3 is 5.11 Å². The van der Waals surface area contributed by atoms with E-state index in [2.05, 4.69) is 13.8 Å². The monoisotopic (exact) mass is 190 g/mol. The fourth-order valence-corrected chi connectivity index (χ4v) is 2.39. The third kappa shape index (κ3) is 1.46. The second kappa shape index (κ2) is 3.39. The van der Waals surface area contributed by atoms with Gasteiger partial charge in [-0.2, -0.15) is 0 Å². The molecule has 1 aromatic rings. The largest absolute Gasteiger partial charge is 0.385 e. The summed E-state index contributed by atoms with van der Waals surface area (Å²) in [5.74, 6) is 1.15. The minimum atomic E-state index is -0.583. The lowest BCUT2D eigenvalue weighted by Gasteiger charge is -2.27. The highest BCUT2D eigenvalue weighted by atomic mass is 16.3. The van der Waals surface area contributed by atoms with Gasteiger partial charge in [0.2, 0.25) is 0 Å². The molecule has 1 aliphatic rings. The van der Waals surface area contributed by atoms with Gasteiger partial charge in [0.15, 0.2) is 0 Å². The number of rotatable bonds is 3. The molecular weight excluding hydrogens is 172 g/mol. The van der Waals surface area contributed by atoms with Crippen LogP contribution in [0.4, 0.5) is 0 Å². The normalized spacial score (nSPS) is 29.6. The molecule has 0 bridgehead atoms. The Morgan fingerprint density at radius 2 is 1.93 bits per heavy atom. The lowest BCUT2D eigenvalue weighted by atomic mass is 9.85. The van der Waals surface area contributed by atoms with Crippen LogP contribution in [0.1, 0.15) is 32.3 Å². The first-order valence-electron chi connectivity index (χ1n) is 5.46. The van der Waals surface area contributed by atoms with Crippen molar-refractivity contribution in [2.75, 3.05) is 0 Å². The molecule has 1 heteroatoms. The quantitative estimate of drug-likeness (QED) is 0.777. The molecular formula is C13H18O. The molecule has 1 N–H and O–H groups in total. The average Bonchev–Trinajstić information content (AvgIpc) is 2.96. The van der Waals surface area contributed by atoms with Crippen LogP contribution in [0.3, 0.4) is 0 Å². The zero-order valence-electron chi connectivity index (χ0n) is 8.90. The Morgan fingerprint density at radius 3 is 2.36 bits per heavy atom. The van der Waals surface area contributed by atoms with Crippen LogP contribution in [0.2, 0.25) is 0 Å². The van der Waals surface area contributed by atoms with Crippen LogP contribution in [0.25, 0.3) is 0 Å². The fraction of sp³-hybridized carbons (Fsp3) is 0.538. The Labute approximate surface area is 85.8 Å². The Bertz CT molecular complexity index is 306. The lowest BCUT2D eigenvalue weighted by molar-refractivity contribution is 0.00438. The molecule has 0 radical (unpaired) electrons. The highest BCUT2D eigenvalue weighted by molar-refractivity contribution is 5.25. The molecule has 3 atom stereocenters. The van der Waals surface area contributed by atoms with Crippen LogP contribution in [-0.2, 0) is 5.60 Å². The molecule has 0 aromatic heterocycles. The van der Waals surface area contributed by atoms with Crippen molar-refractivity contribution < 1.29 is 5.11 Å². The van der Waals surface area contributed by atoms with E-state index in [4.69, 9.17) is 0 Å². The molecule has 1 saturated carbocycles. The molecule has 14 heavy (non-hydrogen) atoms. The summed E-state index contributed by atoms with van der Waals surface area (Å²) in [7, 11) is 0. The Balaban J connectivity index is 2.29. The molecule has 0 aliphatic heterocycles. The molecule has 1 nitrogen and oxygen atoms in total. The van der Waals surface area contributed by atoms with Crippen LogP contribution >= 0.6 is 0 Å². The zero-order valence-corrected chi connectivity index (χ0v) is 8.90. The van der Waals surface area contributed by atoms with E-state index in [0.29, 0.717) is 11.8 Å². The van der Waals surface area contributed by atoms with Gasteiger partial charge in [0.1, 0.15) is 0 Å². The van der Waals surface area contributed by atoms with Crippen molar-refractivity contribution in [3.63, 3.8) is 0 Å². The molecule has 1 aromatic carbocycles. The van der Waals surface area contributed by atoms with Gasteiger partial charge in [0.25, 0.3) is 0 Å². The van der Waals surface area contributed by atoms with Crippen molar-refractivity contribution in [2.24, 2.45) is 11.8 Å². The van der Waals surface area contributed by atoms with Gasteiger partial charge in [0, 0.05) is 0 Å². The van der Waals surface area contributed by atoms with E-state index >= 15 is 0 Å². The minimum absolute atomic E-state index is 0.467. The van der Waals surface area contributed by atoms with Crippen molar-refractivity contribution in [3.05, 3.63) is 35.9 Å². The van der Waals surface area contributed by atoms with Gasteiger partial charge >= 0.3 is 0 Å². The molecule has 0 heterocycles. The molecule has 0 amide bonds. The molecule has 2 rings (SSSR count). The first-order valence-corrected chi connectivity index (χ1v) is 5.46. The molecule has 0 spiro atoms. The number of benzene rings is 1. The number of hydrogen-bond acceptors (Lipinski definition) is 1. The SMILES string of the molecule is CCC(O)(c1ccccc1)C1CC1C. The molecule has 76 valence electrons. The second-order valence-electron chi connectivity index (χ2n) is 4.46. The van der Waals surface area contributed by atoms with E-state index in [-0.39, 0.29) is 0 Å². The predicted octanol–water partition coefficient (Wildman–Crippen LogP) is 2.94. The summed E-state index contributed by atoms with van der Waals surface area (Å²) in [6, 6.07) is 10.1. The van der Waals surface area contributed by atoms with E-state index in [9.17, 15) is 5.11 Å². The number of hydrogen-bond donors (Lipinski definition) is 1. The van der Waals surface area contributed by atoms with Crippen molar-refractivity contribution in [3.8, 4) is 0 Å². The topological polar surface area (TPSA) is 20.2 Å². The van der Waals surface area contributed by atoms with E-state index < -0.39 is 5.60 Å². The van der Waals surface area contributed by atoms with Crippen molar-refractivity contribution in [2.45, 2.75) is 32.3 Å². The Kier molecular flexibility index (Phi) is 2.36. The second-order valence-corrected chi connectivity index (χ2v) is 4.46. The zero-order chi connectivity index (χ0) is 10.2. The van der Waals surface area contributed by atoms with E-state index in [1.165, 1.54) is 6.42 Å². The van der Waals surface area contributed by atoms with Gasteiger partial charge in [-0.25, -0.2) is 0 Å². The van der Waals surface area contributed by atoms with Crippen LogP contribution in [0, 0.1) is 11.8 Å². The van der Waals surface area contributed by atoms with E-state index in [1.54, 1.807) is 0 Å². The summed E-state index contributed by atoms with van der Waals surface area (Å²) >= 11 is 0. The van der Waals surface area contributed by atoms with Crippen LogP contribution in [0.15, 0.2) is 30.3 Å². The smallest absolute Gasteiger partial charge is 0.0924 e. The van der Waals surface area contributed by atoms with E-state index in [0.717, 1.165) is 12.0 Å². The summed E-state index contributed by atoms with van der Waals surface area (Å²) in [4.78, 5) is 0. The first kappa shape index (κ1) is 9.72. The summed E-state index contributed by atoms with van der Waals surface area (Å²) in [5, 5.41) is 10.6. The Hall–Kier alpha value is -0.820. The van der Waals surface area contributed by atoms with E-state index in [1.807, 2.05) is 30.3 Å². The minimum Gasteiger partial charge on any atom is -0.385 e. The molecule has 1 fully saturated rings. The van der Waals surface area contributed by atoms with Crippen molar-refractivity contribution in [1.29, 1.82) is 0 Å². The third-order valence-corrected chi connectivity index (χ3v) is 3.54. The predicted molar refractivity (Wildman–Crippen MR) is 57.9 cm³/mol. The summed E-state index contributed by atoms with van der Waals surface area (Å²) < 4.78 is 0. The summed E-state index contributed by atoms with van der Waals surface area (Å²) in [6.07, 6.45) is 1.98. The van der Waals surface area contributed by atoms with Crippen LogP contribution in [0.5, 0.6) is 0 Å². The maximum atomic E-state index is 10.6. The Morgan fingerprint density at radius 1 is 1.36 bits per heavy atom. The highest BCUT2D eigenvalue weighted by Crippen LogP contribution is 2.52. The average molecular weight is 190 g/mol. The number of aliphatic hydroxyl groups is 1. The van der Waals surface area contributed by atoms with Crippen molar-refractivity contribution in [1.82, 2.24) is 0 Å². The van der Waals surface area contributed by atoms with Gasteiger partial charge in [-0.3, -0.25) is 0 Å². The molecule has 3 unspecified atom stereocenters. The fourth-order valence-electron chi connectivity index (χ4n) is 2.39. The summed E-state index contributed by atoms with van der Waals surface area (Å²) in [6.45, 7) is 4.28. The molecule has 1 aliphatic carbocycles. The van der Waals surface area contributed by atoms with Crippen LogP contribution in [-0.4, -0.2) is 5.11 Å². The van der Waals surface area contributed by atoms with Gasteiger partial charge in [0.05, 0.1) is 5.60 Å². The lowest BCUT2D eigenvalue weighted by Crippen LogP contribution is -2.28. The van der Waals surface area contributed by atoms with Gasteiger partial charge in [-0.15, -0.1) is 0 Å². The third-order valence-electron chi connectivity index (χ3n) is 3.54. The van der Waals surface area contributed by atoms with Gasteiger partial charge in [-0.1, -0.05) is 44.2 Å². The van der Waals surface area contributed by atoms with Crippen LogP contribution < -0.4 is 0 Å². The summed E-state index contributed by atoms with van der Waals surface area (Å²) in [5.41, 5.74) is 0.498. The van der Waals surface area contributed by atoms with Crippen molar-refractivity contribution >= 4 is 0 Å².